The van der Waals surface area contributed by atoms with E-state index in [2.05, 4.69) is 10.3 Å². The van der Waals surface area contributed by atoms with Crippen molar-refractivity contribution in [2.45, 2.75) is 6.35 Å². The van der Waals surface area contributed by atoms with Crippen molar-refractivity contribution in [1.82, 2.24) is 10.2 Å². The minimum Gasteiger partial charge on any atom is -0.370 e. The van der Waals surface area contributed by atoms with E-state index in [1.54, 1.807) is 11.9 Å². The van der Waals surface area contributed by atoms with Gasteiger partial charge in [-0.3, -0.25) is 0 Å². The smallest absolute Gasteiger partial charge is 0.192 e. The van der Waals surface area contributed by atoms with Gasteiger partial charge in [0.2, 0.25) is 0 Å². The molecule has 1 heterocycles. The Morgan fingerprint density at radius 2 is 2.67 bits per heavy atom. The zero-order chi connectivity index (χ0) is 6.85. The van der Waals surface area contributed by atoms with Crippen molar-refractivity contribution in [3.05, 3.63) is 0 Å². The Morgan fingerprint density at radius 3 is 3.11 bits per heavy atom. The fourth-order valence-electron chi connectivity index (χ4n) is 0.553. The number of guanidine groups is 1. The first kappa shape index (κ1) is 6.31. The molecule has 0 aromatic heterocycles. The molecule has 0 spiro atoms. The molecule has 1 aliphatic heterocycles. The third-order valence-electron chi connectivity index (χ3n) is 1.16. The lowest BCUT2D eigenvalue weighted by Gasteiger charge is -2.26. The van der Waals surface area contributed by atoms with Crippen molar-refractivity contribution >= 4 is 5.96 Å². The van der Waals surface area contributed by atoms with Crippen LogP contribution in [0.5, 0.6) is 0 Å². The van der Waals surface area contributed by atoms with Crippen LogP contribution >= 0.6 is 0 Å². The Hall–Kier alpha value is -0.810. The highest BCUT2D eigenvalue weighted by Gasteiger charge is 2.14. The van der Waals surface area contributed by atoms with Crippen LogP contribution in [0.25, 0.3) is 0 Å². The molecule has 5 heteroatoms. The summed E-state index contributed by atoms with van der Waals surface area (Å²) >= 11 is 0. The third-order valence-corrected chi connectivity index (χ3v) is 1.16. The van der Waals surface area contributed by atoms with Gasteiger partial charge in [0.25, 0.3) is 0 Å². The van der Waals surface area contributed by atoms with Crippen molar-refractivity contribution in [3.63, 3.8) is 0 Å². The number of nitrogens with one attached hydrogen (secondary N) is 1. The molecule has 9 heavy (non-hydrogen) atoms. The van der Waals surface area contributed by atoms with E-state index >= 15 is 0 Å². The van der Waals surface area contributed by atoms with E-state index in [4.69, 9.17) is 10.8 Å². The van der Waals surface area contributed by atoms with E-state index < -0.39 is 6.35 Å². The molecule has 0 amide bonds. The minimum atomic E-state index is -0.692. The molecule has 1 atom stereocenters. The van der Waals surface area contributed by atoms with Gasteiger partial charge in [-0.2, -0.15) is 0 Å². The van der Waals surface area contributed by atoms with Crippen molar-refractivity contribution in [1.29, 1.82) is 0 Å². The fourth-order valence-corrected chi connectivity index (χ4v) is 0.553. The first-order valence-electron chi connectivity index (χ1n) is 2.65. The van der Waals surface area contributed by atoms with Gasteiger partial charge in [0.15, 0.2) is 12.3 Å². The molecular formula is C4H10N4O. The number of nitrogens with zero attached hydrogens (tertiary/aromatic N) is 2. The standard InChI is InChI=1S/C4H10N4O/c1-8-2-6-3(5)7-4(8)9/h4,9H,2H2,1H3,(H3,5,6,7). The van der Waals surface area contributed by atoms with Crippen LogP contribution in [-0.2, 0) is 0 Å². The van der Waals surface area contributed by atoms with Gasteiger partial charge in [0.05, 0.1) is 6.67 Å². The van der Waals surface area contributed by atoms with Gasteiger partial charge >= 0.3 is 0 Å². The fraction of sp³-hybridized carbons (Fsp3) is 0.750. The molecular weight excluding hydrogens is 120 g/mol. The first-order valence-corrected chi connectivity index (χ1v) is 2.65. The predicted octanol–water partition coefficient (Wildman–Crippen LogP) is -1.93. The maximum absolute atomic E-state index is 9.00. The lowest BCUT2D eigenvalue weighted by molar-refractivity contribution is 0.00504. The molecule has 0 radical (unpaired) electrons. The number of aliphatic imine (C=N–C) groups is 1. The summed E-state index contributed by atoms with van der Waals surface area (Å²) in [6.07, 6.45) is -0.692. The molecule has 0 aliphatic carbocycles. The van der Waals surface area contributed by atoms with E-state index in [-0.39, 0.29) is 0 Å². The van der Waals surface area contributed by atoms with Gasteiger partial charge in [-0.15, -0.1) is 0 Å². The number of aliphatic hydroxyl groups is 1. The van der Waals surface area contributed by atoms with E-state index in [0.29, 0.717) is 12.6 Å². The molecule has 0 saturated heterocycles. The van der Waals surface area contributed by atoms with Crippen LogP contribution in [0.15, 0.2) is 4.99 Å². The number of hydrogen-bond acceptors (Lipinski definition) is 5. The highest BCUT2D eigenvalue weighted by molar-refractivity contribution is 5.78. The molecule has 0 saturated carbocycles. The second kappa shape index (κ2) is 2.20. The zero-order valence-electron chi connectivity index (χ0n) is 5.20. The molecule has 4 N–H and O–H groups in total. The van der Waals surface area contributed by atoms with Gasteiger partial charge < -0.3 is 16.2 Å². The lowest BCUT2D eigenvalue weighted by Crippen LogP contribution is -2.53. The summed E-state index contributed by atoms with van der Waals surface area (Å²) in [5.41, 5.74) is 5.24. The van der Waals surface area contributed by atoms with Gasteiger partial charge in [-0.05, 0) is 7.05 Å². The van der Waals surface area contributed by atoms with E-state index in [1.807, 2.05) is 0 Å². The summed E-state index contributed by atoms with van der Waals surface area (Å²) in [5.74, 6) is 0.292. The van der Waals surface area contributed by atoms with Crippen LogP contribution < -0.4 is 11.1 Å². The molecule has 1 aliphatic rings. The van der Waals surface area contributed by atoms with E-state index in [0.717, 1.165) is 0 Å². The summed E-state index contributed by atoms with van der Waals surface area (Å²) < 4.78 is 0. The molecule has 0 aromatic rings. The maximum atomic E-state index is 9.00. The monoisotopic (exact) mass is 130 g/mol. The second-order valence-corrected chi connectivity index (χ2v) is 1.96. The average Bonchev–Trinajstić information content (AvgIpc) is 1.80. The van der Waals surface area contributed by atoms with Crippen LogP contribution in [0.2, 0.25) is 0 Å². The Bertz CT molecular complexity index is 135. The van der Waals surface area contributed by atoms with Crippen LogP contribution in [0.4, 0.5) is 0 Å². The number of nitrogens with two attached hydrogens (primary N) is 1. The van der Waals surface area contributed by atoms with Crippen LogP contribution in [-0.4, -0.2) is 36.0 Å². The second-order valence-electron chi connectivity index (χ2n) is 1.96. The molecule has 0 bridgehead atoms. The molecule has 0 fully saturated rings. The van der Waals surface area contributed by atoms with E-state index in [9.17, 15) is 0 Å². The zero-order valence-corrected chi connectivity index (χ0v) is 5.20. The van der Waals surface area contributed by atoms with Crippen LogP contribution in [0, 0.1) is 0 Å². The minimum absolute atomic E-state index is 0.292. The molecule has 5 nitrogen and oxygen atoms in total. The number of aliphatic hydroxyl groups excluding tert-OH is 1. The molecule has 0 aromatic carbocycles. The SMILES string of the molecule is CN1CN=C(N)NC1O. The molecule has 1 rings (SSSR count). The Labute approximate surface area is 53.2 Å². The lowest BCUT2D eigenvalue weighted by atomic mass is 10.6. The summed E-state index contributed by atoms with van der Waals surface area (Å²) in [6, 6.07) is 0. The Morgan fingerprint density at radius 1 is 2.00 bits per heavy atom. The molecule has 52 valence electrons. The van der Waals surface area contributed by atoms with Crippen LogP contribution in [0.1, 0.15) is 0 Å². The topological polar surface area (TPSA) is 73.9 Å². The van der Waals surface area contributed by atoms with Crippen molar-refractivity contribution in [2.24, 2.45) is 10.7 Å². The normalized spacial score (nSPS) is 29.1. The van der Waals surface area contributed by atoms with Crippen molar-refractivity contribution < 1.29 is 5.11 Å². The third kappa shape index (κ3) is 1.30. The summed E-state index contributed by atoms with van der Waals surface area (Å²) in [7, 11) is 1.74. The average molecular weight is 130 g/mol. The summed E-state index contributed by atoms with van der Waals surface area (Å²) in [5, 5.41) is 11.5. The van der Waals surface area contributed by atoms with Gasteiger partial charge in [0.1, 0.15) is 0 Å². The van der Waals surface area contributed by atoms with Crippen molar-refractivity contribution in [2.75, 3.05) is 13.7 Å². The van der Waals surface area contributed by atoms with Crippen LogP contribution in [0.3, 0.4) is 0 Å². The summed E-state index contributed by atoms with van der Waals surface area (Å²) in [6.45, 7) is 0.444. The van der Waals surface area contributed by atoms with E-state index in [1.165, 1.54) is 0 Å². The highest BCUT2D eigenvalue weighted by Crippen LogP contribution is 1.92. The van der Waals surface area contributed by atoms with Gasteiger partial charge in [0, 0.05) is 0 Å². The number of rotatable bonds is 0. The quantitative estimate of drug-likeness (QED) is 0.357. The van der Waals surface area contributed by atoms with Crippen molar-refractivity contribution in [3.8, 4) is 0 Å². The highest BCUT2D eigenvalue weighted by atomic mass is 16.3. The predicted molar refractivity (Wildman–Crippen MR) is 33.4 cm³/mol. The Balaban J connectivity index is 2.54. The molecule has 1 unspecified atom stereocenters. The number of hydrogen-bond donors (Lipinski definition) is 3. The summed E-state index contributed by atoms with van der Waals surface area (Å²) in [4.78, 5) is 5.43. The first-order chi connectivity index (χ1) is 4.20. The largest absolute Gasteiger partial charge is 0.370 e. The van der Waals surface area contributed by atoms with Gasteiger partial charge in [-0.25, -0.2) is 9.89 Å². The Kier molecular flexibility index (Phi) is 1.54. The van der Waals surface area contributed by atoms with Gasteiger partial charge in [-0.1, -0.05) is 0 Å². The maximum Gasteiger partial charge on any atom is 0.192 e.